The highest BCUT2D eigenvalue weighted by atomic mass is 32.1. The number of anilines is 3. The molecule has 0 unspecified atom stereocenters. The summed E-state index contributed by atoms with van der Waals surface area (Å²) >= 11 is 1.84. The summed E-state index contributed by atoms with van der Waals surface area (Å²) in [5, 5.41) is 11.8. The minimum Gasteiger partial charge on any atom is -0.456 e. The Kier molecular flexibility index (Phi) is 6.21. The van der Waals surface area contributed by atoms with Gasteiger partial charge in [0.1, 0.15) is 22.3 Å². The summed E-state index contributed by atoms with van der Waals surface area (Å²) < 4.78 is 15.4. The third-order valence-electron chi connectivity index (χ3n) is 11.0. The molecule has 0 fully saturated rings. The Balaban J connectivity index is 1.09. The van der Waals surface area contributed by atoms with Crippen LogP contribution >= 0.6 is 11.3 Å². The van der Waals surface area contributed by atoms with Gasteiger partial charge in [-0.25, -0.2) is 0 Å². The Morgan fingerprint density at radius 2 is 1.02 bits per heavy atom. The molecule has 4 heteroatoms. The van der Waals surface area contributed by atoms with E-state index in [0.29, 0.717) is 0 Å². The number of hydrogen-bond acceptors (Lipinski definition) is 4. The van der Waals surface area contributed by atoms with E-state index in [1.807, 2.05) is 23.5 Å². The molecular formula is C50H29NO2S. The van der Waals surface area contributed by atoms with Crippen molar-refractivity contribution in [2.75, 3.05) is 4.90 Å². The summed E-state index contributed by atoms with van der Waals surface area (Å²) in [7, 11) is 0. The Morgan fingerprint density at radius 1 is 0.370 bits per heavy atom. The Bertz CT molecular complexity index is 3450. The van der Waals surface area contributed by atoms with Crippen LogP contribution in [0.15, 0.2) is 185 Å². The standard InChI is InChI=1S/C50H29NO2S/c1-3-11-36-30(8-1)10-7-14-37(36)32-16-19-33(20-17-32)51(34-21-24-44-41(28-34)39-13-5-6-15-43(39)52-44)35-22-26-46-42(29-35)49-47(54-46)27-25-45-48(49)40-23-18-31-9-2-4-12-38(31)50(40)53-45/h1-29H. The maximum Gasteiger partial charge on any atom is 0.143 e. The lowest BCUT2D eigenvalue weighted by molar-refractivity contribution is 0.669. The van der Waals surface area contributed by atoms with E-state index in [2.05, 4.69) is 169 Å². The molecule has 0 saturated carbocycles. The molecule has 252 valence electrons. The average molecular weight is 708 g/mol. The molecule has 0 bridgehead atoms. The monoisotopic (exact) mass is 707 g/mol. The van der Waals surface area contributed by atoms with E-state index < -0.39 is 0 Å². The lowest BCUT2D eigenvalue weighted by atomic mass is 9.98. The smallest absolute Gasteiger partial charge is 0.143 e. The lowest BCUT2D eigenvalue weighted by Crippen LogP contribution is -2.09. The molecular weight excluding hydrogens is 679 g/mol. The van der Waals surface area contributed by atoms with Gasteiger partial charge in [-0.2, -0.15) is 0 Å². The van der Waals surface area contributed by atoms with Crippen LogP contribution in [0.1, 0.15) is 0 Å². The maximum atomic E-state index is 6.64. The van der Waals surface area contributed by atoms with Gasteiger partial charge in [-0.05, 0) is 100 Å². The molecule has 0 atom stereocenters. The fourth-order valence-electron chi connectivity index (χ4n) is 8.56. The molecule has 12 aromatic rings. The third kappa shape index (κ3) is 4.35. The Morgan fingerprint density at radius 3 is 1.89 bits per heavy atom. The molecule has 9 aromatic carbocycles. The number of hydrogen-bond donors (Lipinski definition) is 0. The molecule has 12 rings (SSSR count). The molecule has 0 saturated heterocycles. The summed E-state index contributed by atoms with van der Waals surface area (Å²) in [5.41, 5.74) is 9.28. The number of nitrogens with zero attached hydrogens (tertiary/aromatic N) is 1. The van der Waals surface area contributed by atoms with E-state index in [1.54, 1.807) is 0 Å². The molecule has 0 radical (unpaired) electrons. The van der Waals surface area contributed by atoms with Crippen LogP contribution in [-0.4, -0.2) is 0 Å². The van der Waals surface area contributed by atoms with Crippen LogP contribution in [0.25, 0.3) is 96.7 Å². The predicted octanol–water partition coefficient (Wildman–Crippen LogP) is 15.3. The van der Waals surface area contributed by atoms with E-state index >= 15 is 0 Å². The van der Waals surface area contributed by atoms with Crippen molar-refractivity contribution in [2.24, 2.45) is 0 Å². The van der Waals surface area contributed by atoms with E-state index in [-0.39, 0.29) is 0 Å². The van der Waals surface area contributed by atoms with Gasteiger partial charge in [0.25, 0.3) is 0 Å². The summed E-state index contributed by atoms with van der Waals surface area (Å²) in [5.74, 6) is 0. The lowest BCUT2D eigenvalue weighted by Gasteiger charge is -2.26. The summed E-state index contributed by atoms with van der Waals surface area (Å²) in [4.78, 5) is 2.37. The van der Waals surface area contributed by atoms with Crippen LogP contribution < -0.4 is 4.90 Å². The van der Waals surface area contributed by atoms with Crippen LogP contribution in [0.5, 0.6) is 0 Å². The van der Waals surface area contributed by atoms with Crippen LogP contribution in [0.2, 0.25) is 0 Å². The average Bonchev–Trinajstić information content (AvgIpc) is 3.92. The SMILES string of the molecule is c1ccc2c(-c3ccc(N(c4ccc5oc6ccccc6c5c4)c4ccc5sc6ccc7oc8c9ccccc9ccc8c7c6c5c4)cc3)cccc2c1. The third-order valence-corrected chi connectivity index (χ3v) is 12.2. The van der Waals surface area contributed by atoms with Gasteiger partial charge in [0.2, 0.25) is 0 Å². The van der Waals surface area contributed by atoms with Crippen molar-refractivity contribution < 1.29 is 8.83 Å². The molecule has 3 nitrogen and oxygen atoms in total. The van der Waals surface area contributed by atoms with Gasteiger partial charge >= 0.3 is 0 Å². The first kappa shape index (κ1) is 29.7. The van der Waals surface area contributed by atoms with Crippen molar-refractivity contribution in [1.29, 1.82) is 0 Å². The molecule has 0 aliphatic heterocycles. The topological polar surface area (TPSA) is 29.5 Å². The number of thiophene rings is 1. The summed E-state index contributed by atoms with van der Waals surface area (Å²) in [6, 6.07) is 63.1. The quantitative estimate of drug-likeness (QED) is 0.182. The zero-order valence-electron chi connectivity index (χ0n) is 28.9. The zero-order chi connectivity index (χ0) is 35.3. The number of para-hydroxylation sites is 1. The summed E-state index contributed by atoms with van der Waals surface area (Å²) in [6.45, 7) is 0. The highest BCUT2D eigenvalue weighted by Gasteiger charge is 2.20. The zero-order valence-corrected chi connectivity index (χ0v) is 29.7. The first-order chi connectivity index (χ1) is 26.7. The van der Waals surface area contributed by atoms with Crippen molar-refractivity contribution in [1.82, 2.24) is 0 Å². The fraction of sp³-hybridized carbons (Fsp3) is 0. The largest absolute Gasteiger partial charge is 0.456 e. The van der Waals surface area contributed by atoms with Gasteiger partial charge in [0.05, 0.1) is 0 Å². The molecule has 0 amide bonds. The van der Waals surface area contributed by atoms with Gasteiger partial charge in [-0.15, -0.1) is 11.3 Å². The van der Waals surface area contributed by atoms with Crippen molar-refractivity contribution in [3.63, 3.8) is 0 Å². The van der Waals surface area contributed by atoms with E-state index in [9.17, 15) is 0 Å². The fourth-order valence-corrected chi connectivity index (χ4v) is 9.65. The predicted molar refractivity (Wildman–Crippen MR) is 229 cm³/mol. The van der Waals surface area contributed by atoms with Gasteiger partial charge in [0.15, 0.2) is 0 Å². The van der Waals surface area contributed by atoms with E-state index in [0.717, 1.165) is 60.9 Å². The second kappa shape index (κ2) is 11.3. The Hall–Kier alpha value is -6.88. The van der Waals surface area contributed by atoms with Crippen LogP contribution in [0.3, 0.4) is 0 Å². The van der Waals surface area contributed by atoms with E-state index in [1.165, 1.54) is 52.8 Å². The minimum atomic E-state index is 0.882. The first-order valence-corrected chi connectivity index (χ1v) is 19.1. The normalized spacial score (nSPS) is 12.1. The van der Waals surface area contributed by atoms with Crippen molar-refractivity contribution >= 4 is 114 Å². The molecule has 0 spiro atoms. The van der Waals surface area contributed by atoms with Gasteiger partial charge in [-0.1, -0.05) is 103 Å². The van der Waals surface area contributed by atoms with Gasteiger partial charge in [-0.3, -0.25) is 0 Å². The number of furan rings is 2. The molecule has 0 aliphatic carbocycles. The number of rotatable bonds is 4. The molecule has 0 N–H and O–H groups in total. The molecule has 0 aliphatic rings. The maximum absolute atomic E-state index is 6.64. The molecule has 3 heterocycles. The molecule has 3 aromatic heterocycles. The highest BCUT2D eigenvalue weighted by Crippen LogP contribution is 2.47. The Labute approximate surface area is 313 Å². The second-order valence-corrected chi connectivity index (χ2v) is 15.1. The number of fused-ring (bicyclic) bond motifs is 13. The highest BCUT2D eigenvalue weighted by molar-refractivity contribution is 7.26. The first-order valence-electron chi connectivity index (χ1n) is 18.2. The number of benzene rings is 9. The second-order valence-electron chi connectivity index (χ2n) is 14.0. The van der Waals surface area contributed by atoms with E-state index in [4.69, 9.17) is 8.83 Å². The van der Waals surface area contributed by atoms with Gasteiger partial charge < -0.3 is 13.7 Å². The van der Waals surface area contributed by atoms with Crippen LogP contribution in [0, 0.1) is 0 Å². The van der Waals surface area contributed by atoms with Crippen molar-refractivity contribution in [3.05, 3.63) is 176 Å². The van der Waals surface area contributed by atoms with Crippen LogP contribution in [-0.2, 0) is 0 Å². The summed E-state index contributed by atoms with van der Waals surface area (Å²) in [6.07, 6.45) is 0. The van der Waals surface area contributed by atoms with Crippen molar-refractivity contribution in [2.45, 2.75) is 0 Å². The molecule has 54 heavy (non-hydrogen) atoms. The minimum absolute atomic E-state index is 0.882. The van der Waals surface area contributed by atoms with Crippen molar-refractivity contribution in [3.8, 4) is 11.1 Å². The van der Waals surface area contributed by atoms with Gasteiger partial charge in [0, 0.05) is 64.2 Å². The van der Waals surface area contributed by atoms with Crippen LogP contribution in [0.4, 0.5) is 17.1 Å².